The molecule has 0 unspecified atom stereocenters. The number of nitrogens with zero attached hydrogens (tertiary/aromatic N) is 2. The number of nitrogen functional groups attached to an aromatic ring is 2. The Morgan fingerprint density at radius 2 is 1.69 bits per heavy atom. The SMILES string of the molecule is Nc1cc(C#Cc2ccccc2)nc(N)n1. The zero-order valence-corrected chi connectivity index (χ0v) is 8.51. The molecule has 4 N–H and O–H groups in total. The molecule has 0 aliphatic heterocycles. The summed E-state index contributed by atoms with van der Waals surface area (Å²) in [7, 11) is 0. The van der Waals surface area contributed by atoms with E-state index in [-0.39, 0.29) is 5.95 Å². The number of hydrogen-bond acceptors (Lipinski definition) is 4. The van der Waals surface area contributed by atoms with Crippen molar-refractivity contribution in [2.75, 3.05) is 11.5 Å². The number of rotatable bonds is 0. The lowest BCUT2D eigenvalue weighted by Gasteiger charge is -1.95. The highest BCUT2D eigenvalue weighted by Gasteiger charge is 1.95. The van der Waals surface area contributed by atoms with Gasteiger partial charge in [-0.1, -0.05) is 24.1 Å². The maximum atomic E-state index is 5.53. The molecular formula is C12H10N4. The molecule has 0 amide bonds. The lowest BCUT2D eigenvalue weighted by molar-refractivity contribution is 1.17. The molecule has 16 heavy (non-hydrogen) atoms. The van der Waals surface area contributed by atoms with Crippen molar-refractivity contribution in [1.82, 2.24) is 9.97 Å². The Kier molecular flexibility index (Phi) is 2.70. The van der Waals surface area contributed by atoms with Crippen molar-refractivity contribution >= 4 is 11.8 Å². The second-order valence-electron chi connectivity index (χ2n) is 3.15. The second-order valence-corrected chi connectivity index (χ2v) is 3.15. The topological polar surface area (TPSA) is 77.8 Å². The first-order chi connectivity index (χ1) is 7.74. The van der Waals surface area contributed by atoms with Crippen LogP contribution in [-0.2, 0) is 0 Å². The van der Waals surface area contributed by atoms with Gasteiger partial charge >= 0.3 is 0 Å². The van der Waals surface area contributed by atoms with Crippen LogP contribution in [0.4, 0.5) is 11.8 Å². The smallest absolute Gasteiger partial charge is 0.223 e. The molecule has 0 bridgehead atoms. The van der Waals surface area contributed by atoms with Gasteiger partial charge in [-0.15, -0.1) is 0 Å². The molecule has 1 aromatic heterocycles. The summed E-state index contributed by atoms with van der Waals surface area (Å²) in [6.07, 6.45) is 0. The van der Waals surface area contributed by atoms with Gasteiger partial charge in [-0.25, -0.2) is 4.98 Å². The molecule has 1 heterocycles. The third kappa shape index (κ3) is 2.49. The molecule has 0 aliphatic rings. The Bertz CT molecular complexity index is 532. The van der Waals surface area contributed by atoms with Crippen LogP contribution in [0.15, 0.2) is 36.4 Å². The fraction of sp³-hybridized carbons (Fsp3) is 0. The molecule has 78 valence electrons. The quantitative estimate of drug-likeness (QED) is 0.637. The number of anilines is 2. The van der Waals surface area contributed by atoms with Gasteiger partial charge in [0.05, 0.1) is 0 Å². The van der Waals surface area contributed by atoms with E-state index < -0.39 is 0 Å². The minimum absolute atomic E-state index is 0.136. The van der Waals surface area contributed by atoms with Crippen LogP contribution in [0.5, 0.6) is 0 Å². The van der Waals surface area contributed by atoms with E-state index in [1.54, 1.807) is 6.07 Å². The first-order valence-corrected chi connectivity index (χ1v) is 4.71. The fourth-order valence-electron chi connectivity index (χ4n) is 1.21. The maximum absolute atomic E-state index is 5.53. The molecule has 0 saturated heterocycles. The predicted molar refractivity (Wildman–Crippen MR) is 63.3 cm³/mol. The standard InChI is InChI=1S/C12H10N4/c13-11-8-10(15-12(14)16-11)7-6-9-4-2-1-3-5-9/h1-5,8H,(H4,13,14,15,16). The first-order valence-electron chi connectivity index (χ1n) is 4.71. The average Bonchev–Trinajstić information content (AvgIpc) is 2.27. The summed E-state index contributed by atoms with van der Waals surface area (Å²) in [5.41, 5.74) is 12.4. The molecule has 0 radical (unpaired) electrons. The van der Waals surface area contributed by atoms with Crippen LogP contribution in [0.25, 0.3) is 0 Å². The maximum Gasteiger partial charge on any atom is 0.223 e. The summed E-state index contributed by atoms with van der Waals surface area (Å²) >= 11 is 0. The summed E-state index contributed by atoms with van der Waals surface area (Å²) in [5, 5.41) is 0. The monoisotopic (exact) mass is 210 g/mol. The first kappa shape index (κ1) is 9.99. The Balaban J connectivity index is 2.31. The molecule has 0 saturated carbocycles. The molecule has 0 spiro atoms. The van der Waals surface area contributed by atoms with E-state index in [4.69, 9.17) is 11.5 Å². The van der Waals surface area contributed by atoms with Crippen LogP contribution in [0.1, 0.15) is 11.3 Å². The van der Waals surface area contributed by atoms with Crippen LogP contribution in [-0.4, -0.2) is 9.97 Å². The van der Waals surface area contributed by atoms with Crippen molar-refractivity contribution in [1.29, 1.82) is 0 Å². The highest BCUT2D eigenvalue weighted by Crippen LogP contribution is 2.03. The summed E-state index contributed by atoms with van der Waals surface area (Å²) < 4.78 is 0. The van der Waals surface area contributed by atoms with E-state index >= 15 is 0 Å². The van der Waals surface area contributed by atoms with E-state index in [1.807, 2.05) is 30.3 Å². The fourth-order valence-corrected chi connectivity index (χ4v) is 1.21. The van der Waals surface area contributed by atoms with Gasteiger partial charge in [0, 0.05) is 11.6 Å². The van der Waals surface area contributed by atoms with Crippen molar-refractivity contribution in [3.05, 3.63) is 47.7 Å². The predicted octanol–water partition coefficient (Wildman–Crippen LogP) is 1.04. The lowest BCUT2D eigenvalue weighted by atomic mass is 10.2. The third-order valence-electron chi connectivity index (χ3n) is 1.87. The summed E-state index contributed by atoms with van der Waals surface area (Å²) in [6, 6.07) is 11.2. The largest absolute Gasteiger partial charge is 0.383 e. The van der Waals surface area contributed by atoms with Gasteiger partial charge in [-0.3, -0.25) is 0 Å². The second kappa shape index (κ2) is 4.32. The lowest BCUT2D eigenvalue weighted by Crippen LogP contribution is -2.00. The van der Waals surface area contributed by atoms with Gasteiger partial charge in [0.2, 0.25) is 5.95 Å². The van der Waals surface area contributed by atoms with Crippen LogP contribution in [0, 0.1) is 11.8 Å². The van der Waals surface area contributed by atoms with Crippen LogP contribution >= 0.6 is 0 Å². The van der Waals surface area contributed by atoms with E-state index in [2.05, 4.69) is 21.8 Å². The van der Waals surface area contributed by atoms with Crippen LogP contribution in [0.2, 0.25) is 0 Å². The van der Waals surface area contributed by atoms with E-state index in [0.29, 0.717) is 11.5 Å². The number of aromatic nitrogens is 2. The van der Waals surface area contributed by atoms with Gasteiger partial charge in [0.1, 0.15) is 11.5 Å². The molecular weight excluding hydrogens is 200 g/mol. The summed E-state index contributed by atoms with van der Waals surface area (Å²) in [6.45, 7) is 0. The van der Waals surface area contributed by atoms with E-state index in [9.17, 15) is 0 Å². The van der Waals surface area contributed by atoms with Crippen LogP contribution in [0.3, 0.4) is 0 Å². The Hall–Kier alpha value is -2.54. The van der Waals surface area contributed by atoms with Gasteiger partial charge in [0.15, 0.2) is 0 Å². The van der Waals surface area contributed by atoms with E-state index in [1.165, 1.54) is 0 Å². The van der Waals surface area contributed by atoms with Crippen molar-refractivity contribution < 1.29 is 0 Å². The van der Waals surface area contributed by atoms with E-state index in [0.717, 1.165) is 5.56 Å². The summed E-state index contributed by atoms with van der Waals surface area (Å²) in [4.78, 5) is 7.73. The van der Waals surface area contributed by atoms with Crippen molar-refractivity contribution in [3.8, 4) is 11.8 Å². The molecule has 2 aromatic rings. The average molecular weight is 210 g/mol. The zero-order valence-electron chi connectivity index (χ0n) is 8.51. The zero-order chi connectivity index (χ0) is 11.4. The number of benzene rings is 1. The molecule has 4 nitrogen and oxygen atoms in total. The molecule has 2 rings (SSSR count). The van der Waals surface area contributed by atoms with Crippen molar-refractivity contribution in [3.63, 3.8) is 0 Å². The Morgan fingerprint density at radius 1 is 0.938 bits per heavy atom. The Labute approximate surface area is 93.3 Å². The third-order valence-corrected chi connectivity index (χ3v) is 1.87. The van der Waals surface area contributed by atoms with Gasteiger partial charge in [-0.2, -0.15) is 4.98 Å². The normalized spacial score (nSPS) is 9.25. The molecule has 0 fully saturated rings. The highest BCUT2D eigenvalue weighted by atomic mass is 15.0. The summed E-state index contributed by atoms with van der Waals surface area (Å²) in [5.74, 6) is 6.31. The number of nitrogens with two attached hydrogens (primary N) is 2. The molecule has 4 heteroatoms. The molecule has 0 atom stereocenters. The minimum atomic E-state index is 0.136. The highest BCUT2D eigenvalue weighted by molar-refractivity contribution is 5.45. The molecule has 1 aromatic carbocycles. The van der Waals surface area contributed by atoms with Crippen molar-refractivity contribution in [2.45, 2.75) is 0 Å². The van der Waals surface area contributed by atoms with Crippen molar-refractivity contribution in [2.24, 2.45) is 0 Å². The van der Waals surface area contributed by atoms with Gasteiger partial charge < -0.3 is 11.5 Å². The molecule has 0 aliphatic carbocycles. The minimum Gasteiger partial charge on any atom is -0.383 e. The van der Waals surface area contributed by atoms with Gasteiger partial charge in [0.25, 0.3) is 0 Å². The van der Waals surface area contributed by atoms with Crippen LogP contribution < -0.4 is 11.5 Å². The Morgan fingerprint density at radius 3 is 2.38 bits per heavy atom. The number of hydrogen-bond donors (Lipinski definition) is 2. The van der Waals surface area contributed by atoms with Gasteiger partial charge in [-0.05, 0) is 18.1 Å².